The van der Waals surface area contributed by atoms with E-state index >= 15 is 0 Å². The van der Waals surface area contributed by atoms with Gasteiger partial charge in [0.25, 0.3) is 0 Å². The molecule has 1 aliphatic heterocycles. The smallest absolute Gasteiger partial charge is 0.307 e. The number of aromatic nitrogens is 1. The number of carbonyl (C=O) groups is 1. The van der Waals surface area contributed by atoms with Gasteiger partial charge >= 0.3 is 5.97 Å². The lowest BCUT2D eigenvalue weighted by molar-refractivity contribution is -0.136. The predicted molar refractivity (Wildman–Crippen MR) is 137 cm³/mol. The van der Waals surface area contributed by atoms with Crippen molar-refractivity contribution in [2.75, 3.05) is 6.61 Å². The first-order chi connectivity index (χ1) is 16.9. The maximum atomic E-state index is 14.9. The monoisotopic (exact) mass is 513 g/mol. The number of halogens is 3. The fraction of sp³-hybridized carbons (Fsp3) is 0.286. The van der Waals surface area contributed by atoms with E-state index in [0.717, 1.165) is 17.0 Å². The first-order valence-electron chi connectivity index (χ1n) is 11.4. The Kier molecular flexibility index (Phi) is 6.90. The summed E-state index contributed by atoms with van der Waals surface area (Å²) in [4.78, 5) is 16.2. The molecule has 5 nitrogen and oxygen atoms in total. The highest BCUT2D eigenvalue weighted by Gasteiger charge is 2.24. The molecule has 36 heavy (non-hydrogen) atoms. The number of nitrogens with zero attached hydrogens (tertiary/aromatic N) is 1. The first kappa shape index (κ1) is 25.8. The molecular weight excluding hydrogens is 488 g/mol. The lowest BCUT2D eigenvalue weighted by Gasteiger charge is -2.22. The first-order valence-corrected chi connectivity index (χ1v) is 11.8. The summed E-state index contributed by atoms with van der Waals surface area (Å²) < 4.78 is 35.2. The number of hydrogen-bond acceptors (Lipinski definition) is 4. The van der Waals surface area contributed by atoms with Crippen molar-refractivity contribution in [3.8, 4) is 16.9 Å². The zero-order valence-electron chi connectivity index (χ0n) is 20.4. The molecule has 4 aromatic rings. The summed E-state index contributed by atoms with van der Waals surface area (Å²) in [5.41, 5.74) is 3.24. The topological polar surface area (TPSA) is 79.7 Å². The van der Waals surface area contributed by atoms with E-state index in [1.807, 2.05) is 6.07 Å². The molecule has 0 amide bonds. The molecule has 3 aromatic carbocycles. The molecule has 0 atom stereocenters. The molecule has 0 spiro atoms. The van der Waals surface area contributed by atoms with Crippen LogP contribution in [0.15, 0.2) is 36.5 Å². The second-order valence-corrected chi connectivity index (χ2v) is 10.2. The molecule has 1 aromatic heterocycles. The van der Waals surface area contributed by atoms with E-state index in [1.165, 1.54) is 6.07 Å². The second-order valence-electron chi connectivity index (χ2n) is 9.77. The van der Waals surface area contributed by atoms with Crippen molar-refractivity contribution in [3.63, 3.8) is 0 Å². The van der Waals surface area contributed by atoms with Crippen LogP contribution in [0.1, 0.15) is 37.5 Å². The van der Waals surface area contributed by atoms with Crippen LogP contribution in [0.3, 0.4) is 0 Å². The van der Waals surface area contributed by atoms with Gasteiger partial charge in [0.15, 0.2) is 5.82 Å². The van der Waals surface area contributed by atoms with Gasteiger partial charge in [-0.25, -0.2) is 8.78 Å². The molecule has 1 aliphatic rings. The van der Waals surface area contributed by atoms with Crippen molar-refractivity contribution in [1.82, 2.24) is 4.98 Å². The Bertz CT molecular complexity index is 1500. The number of fused-ring (bicyclic) bond motifs is 1. The summed E-state index contributed by atoms with van der Waals surface area (Å²) in [6.07, 6.45) is 2.09. The summed E-state index contributed by atoms with van der Waals surface area (Å²) in [7, 11) is 0. The van der Waals surface area contributed by atoms with Gasteiger partial charge in [0.05, 0.1) is 24.1 Å². The van der Waals surface area contributed by atoms with Crippen LogP contribution >= 0.6 is 11.6 Å². The molecule has 0 radical (unpaired) electrons. The Balaban J connectivity index is 0.000000556. The quantitative estimate of drug-likeness (QED) is 0.300. The number of pyridine rings is 1. The molecule has 188 valence electrons. The highest BCUT2D eigenvalue weighted by molar-refractivity contribution is 6.32. The van der Waals surface area contributed by atoms with Crippen molar-refractivity contribution in [2.45, 2.75) is 46.1 Å². The molecule has 2 heterocycles. The van der Waals surface area contributed by atoms with E-state index in [1.54, 1.807) is 46.0 Å². The summed E-state index contributed by atoms with van der Waals surface area (Å²) >= 11 is 5.82. The van der Waals surface area contributed by atoms with Crippen LogP contribution in [0.4, 0.5) is 8.78 Å². The van der Waals surface area contributed by atoms with E-state index in [0.29, 0.717) is 46.5 Å². The minimum Gasteiger partial charge on any atom is -0.493 e. The lowest BCUT2D eigenvalue weighted by atomic mass is 9.86. The van der Waals surface area contributed by atoms with Crippen molar-refractivity contribution in [3.05, 3.63) is 69.9 Å². The molecule has 5 rings (SSSR count). The van der Waals surface area contributed by atoms with Gasteiger partial charge in [-0.2, -0.15) is 0 Å². The highest BCUT2D eigenvalue weighted by atomic mass is 35.5. The zero-order valence-corrected chi connectivity index (χ0v) is 21.1. The maximum Gasteiger partial charge on any atom is 0.307 e. The second kappa shape index (κ2) is 9.64. The minimum atomic E-state index is -1.04. The Morgan fingerprint density at radius 2 is 1.86 bits per heavy atom. The van der Waals surface area contributed by atoms with E-state index in [9.17, 15) is 18.7 Å². The summed E-state index contributed by atoms with van der Waals surface area (Å²) in [6.45, 7) is 7.49. The van der Waals surface area contributed by atoms with Gasteiger partial charge in [-0.3, -0.25) is 9.78 Å². The Labute approximate surface area is 212 Å². The van der Waals surface area contributed by atoms with Crippen LogP contribution in [0, 0.1) is 18.6 Å². The molecule has 0 saturated carbocycles. The Morgan fingerprint density at radius 1 is 1.17 bits per heavy atom. The minimum absolute atomic E-state index is 0.129. The van der Waals surface area contributed by atoms with Gasteiger partial charge in [0.2, 0.25) is 0 Å². The number of benzene rings is 3. The number of ether oxygens (including phenoxy) is 1. The van der Waals surface area contributed by atoms with Gasteiger partial charge in [0, 0.05) is 29.0 Å². The van der Waals surface area contributed by atoms with Gasteiger partial charge in [-0.15, -0.1) is 0 Å². The van der Waals surface area contributed by atoms with Gasteiger partial charge in [-0.05, 0) is 85.7 Å². The van der Waals surface area contributed by atoms with E-state index in [2.05, 4.69) is 4.98 Å². The third-order valence-electron chi connectivity index (χ3n) is 5.77. The van der Waals surface area contributed by atoms with Crippen LogP contribution in [-0.2, 0) is 17.6 Å². The fourth-order valence-electron chi connectivity index (χ4n) is 4.41. The van der Waals surface area contributed by atoms with Crippen molar-refractivity contribution < 1.29 is 28.5 Å². The maximum absolute atomic E-state index is 14.9. The summed E-state index contributed by atoms with van der Waals surface area (Å²) in [6, 6.07) is 8.16. The normalized spacial score (nSPS) is 12.8. The summed E-state index contributed by atoms with van der Waals surface area (Å²) in [5, 5.41) is 18.7. The molecule has 0 saturated heterocycles. The molecular formula is C28H26ClF2NO4. The molecule has 2 N–H and O–H groups in total. The highest BCUT2D eigenvalue weighted by Crippen LogP contribution is 2.43. The Hall–Kier alpha value is -3.29. The number of aliphatic hydroxyl groups is 1. The average molecular weight is 514 g/mol. The largest absolute Gasteiger partial charge is 0.493 e. The van der Waals surface area contributed by atoms with Crippen LogP contribution in [0.2, 0.25) is 5.02 Å². The van der Waals surface area contributed by atoms with Gasteiger partial charge in [-0.1, -0.05) is 11.6 Å². The Morgan fingerprint density at radius 3 is 2.53 bits per heavy atom. The number of aliphatic carboxylic acids is 1. The van der Waals surface area contributed by atoms with Crippen LogP contribution in [0.25, 0.3) is 32.8 Å². The van der Waals surface area contributed by atoms with Crippen LogP contribution in [-0.4, -0.2) is 33.4 Å². The number of rotatable bonds is 3. The van der Waals surface area contributed by atoms with E-state index in [4.69, 9.17) is 21.4 Å². The average Bonchev–Trinajstić information content (AvgIpc) is 2.79. The lowest BCUT2D eigenvalue weighted by Crippen LogP contribution is -2.10. The number of hydrogen-bond donors (Lipinski definition) is 2. The zero-order chi connectivity index (χ0) is 26.4. The third-order valence-corrected chi connectivity index (χ3v) is 6.12. The predicted octanol–water partition coefficient (Wildman–Crippen LogP) is 6.63. The SMILES string of the molecule is CC(C)(C)O.Cc1cc2c(F)c(Cl)c(F)cc2c(-c2ccc3c4c(ccnc24)CCO3)c1CC(=O)O. The standard InChI is InChI=1S/C24H16ClF2NO3.C4H10O/c1-11-8-16-15(9-17(26)22(25)23(16)27)21(14(11)10-19(29)30)13-2-3-18-20-12(5-7-31-18)4-6-28-24(13)20;1-4(2,3)5/h2-4,6,8-9H,5,7,10H2,1H3,(H,29,30);5H,1-3H3. The fourth-order valence-corrected chi connectivity index (χ4v) is 4.57. The number of aryl methyl sites for hydroxylation is 1. The van der Waals surface area contributed by atoms with Crippen LogP contribution < -0.4 is 4.74 Å². The van der Waals surface area contributed by atoms with E-state index < -0.39 is 28.2 Å². The summed E-state index contributed by atoms with van der Waals surface area (Å²) in [5.74, 6) is -2.14. The number of carboxylic acid groups (broad SMARTS) is 1. The van der Waals surface area contributed by atoms with E-state index in [-0.39, 0.29) is 17.2 Å². The van der Waals surface area contributed by atoms with Crippen molar-refractivity contribution >= 4 is 39.2 Å². The third kappa shape index (κ3) is 4.99. The van der Waals surface area contributed by atoms with Crippen molar-refractivity contribution in [2.24, 2.45) is 0 Å². The van der Waals surface area contributed by atoms with Gasteiger partial charge < -0.3 is 14.9 Å². The molecule has 0 unspecified atom stereocenters. The molecule has 8 heteroatoms. The molecule has 0 bridgehead atoms. The van der Waals surface area contributed by atoms with Crippen molar-refractivity contribution in [1.29, 1.82) is 0 Å². The molecule has 0 fully saturated rings. The van der Waals surface area contributed by atoms with Gasteiger partial charge in [0.1, 0.15) is 16.6 Å². The van der Waals surface area contributed by atoms with Crippen LogP contribution in [0.5, 0.6) is 5.75 Å². The number of carboxylic acids is 1. The molecule has 0 aliphatic carbocycles.